The Hall–Kier alpha value is -1.29. The molecule has 0 aliphatic heterocycles. The van der Waals surface area contributed by atoms with E-state index in [0.29, 0.717) is 13.0 Å². The average Bonchev–Trinajstić information content (AvgIpc) is 2.36. The fourth-order valence-corrected chi connectivity index (χ4v) is 1.84. The molecule has 0 radical (unpaired) electrons. The predicted octanol–water partition coefficient (Wildman–Crippen LogP) is 3.08. The molecule has 0 fully saturated rings. The van der Waals surface area contributed by atoms with Gasteiger partial charge in [0.05, 0.1) is 6.61 Å². The van der Waals surface area contributed by atoms with Crippen molar-refractivity contribution in [2.75, 3.05) is 18.5 Å². The van der Waals surface area contributed by atoms with Gasteiger partial charge in [0.15, 0.2) is 11.6 Å². The van der Waals surface area contributed by atoms with Crippen LogP contribution in [0, 0.1) is 5.41 Å². The maximum absolute atomic E-state index is 9.20. The van der Waals surface area contributed by atoms with Gasteiger partial charge in [-0.05, 0) is 30.4 Å². The third-order valence-corrected chi connectivity index (χ3v) is 3.01. The van der Waals surface area contributed by atoms with Gasteiger partial charge in [0.25, 0.3) is 0 Å². The standard InChI is InChI=1S/C15H26N2O2/c1-5-11-19-12-7-6-9-16-14(12)17-13(8-10-18)15(2,3)4/h6-7,9,13,18H,5,8,10-11H2,1-4H3,(H,16,17). The molecule has 1 heterocycles. The lowest BCUT2D eigenvalue weighted by atomic mass is 9.85. The van der Waals surface area contributed by atoms with E-state index in [0.717, 1.165) is 18.0 Å². The number of aliphatic hydroxyl groups excluding tert-OH is 1. The molecule has 1 rings (SSSR count). The largest absolute Gasteiger partial charge is 0.490 e. The number of hydrogen-bond acceptors (Lipinski definition) is 4. The lowest BCUT2D eigenvalue weighted by Crippen LogP contribution is -2.35. The maximum Gasteiger partial charge on any atom is 0.168 e. The molecule has 1 unspecified atom stereocenters. The Labute approximate surface area is 116 Å². The van der Waals surface area contributed by atoms with Crippen LogP contribution in [0.3, 0.4) is 0 Å². The number of aliphatic hydroxyl groups is 1. The van der Waals surface area contributed by atoms with Gasteiger partial charge >= 0.3 is 0 Å². The van der Waals surface area contributed by atoms with Gasteiger partial charge in [-0.1, -0.05) is 27.7 Å². The van der Waals surface area contributed by atoms with Crippen LogP contribution in [0.4, 0.5) is 5.82 Å². The lowest BCUT2D eigenvalue weighted by molar-refractivity contribution is 0.234. The fraction of sp³-hybridized carbons (Fsp3) is 0.667. The molecule has 0 amide bonds. The van der Waals surface area contributed by atoms with Gasteiger partial charge < -0.3 is 15.2 Å². The summed E-state index contributed by atoms with van der Waals surface area (Å²) in [5.74, 6) is 1.53. The first-order valence-corrected chi connectivity index (χ1v) is 6.94. The summed E-state index contributed by atoms with van der Waals surface area (Å²) in [6.45, 7) is 9.36. The molecule has 0 aromatic carbocycles. The highest BCUT2D eigenvalue weighted by atomic mass is 16.5. The number of nitrogens with one attached hydrogen (secondary N) is 1. The number of nitrogens with zero attached hydrogens (tertiary/aromatic N) is 1. The third-order valence-electron chi connectivity index (χ3n) is 3.01. The molecule has 0 aliphatic carbocycles. The molecule has 1 aromatic heterocycles. The summed E-state index contributed by atoms with van der Waals surface area (Å²) in [5.41, 5.74) is 0.0439. The zero-order chi connectivity index (χ0) is 14.3. The van der Waals surface area contributed by atoms with E-state index < -0.39 is 0 Å². The van der Waals surface area contributed by atoms with Gasteiger partial charge in [-0.3, -0.25) is 0 Å². The number of rotatable bonds is 7. The van der Waals surface area contributed by atoms with Gasteiger partial charge in [-0.2, -0.15) is 0 Å². The second kappa shape index (κ2) is 7.34. The van der Waals surface area contributed by atoms with Crippen LogP contribution in [-0.4, -0.2) is 29.3 Å². The molecule has 4 nitrogen and oxygen atoms in total. The van der Waals surface area contributed by atoms with Gasteiger partial charge in [0.2, 0.25) is 0 Å². The van der Waals surface area contributed by atoms with E-state index in [1.54, 1.807) is 6.20 Å². The molecule has 108 valence electrons. The van der Waals surface area contributed by atoms with E-state index in [-0.39, 0.29) is 18.1 Å². The number of ether oxygens (including phenoxy) is 1. The van der Waals surface area contributed by atoms with Crippen molar-refractivity contribution in [2.45, 2.75) is 46.6 Å². The van der Waals surface area contributed by atoms with E-state index in [9.17, 15) is 5.11 Å². The van der Waals surface area contributed by atoms with Gasteiger partial charge in [0.1, 0.15) is 0 Å². The van der Waals surface area contributed by atoms with Crippen LogP contribution in [-0.2, 0) is 0 Å². The van der Waals surface area contributed by atoms with Crippen molar-refractivity contribution < 1.29 is 9.84 Å². The Kier molecular flexibility index (Phi) is 6.09. The van der Waals surface area contributed by atoms with E-state index in [4.69, 9.17) is 4.74 Å². The second-order valence-corrected chi connectivity index (χ2v) is 5.77. The highest BCUT2D eigenvalue weighted by Crippen LogP contribution is 2.29. The van der Waals surface area contributed by atoms with Crippen molar-refractivity contribution in [3.05, 3.63) is 18.3 Å². The summed E-state index contributed by atoms with van der Waals surface area (Å²) >= 11 is 0. The van der Waals surface area contributed by atoms with Crippen LogP contribution in [0.5, 0.6) is 5.75 Å². The summed E-state index contributed by atoms with van der Waals surface area (Å²) in [6.07, 6.45) is 3.40. The zero-order valence-corrected chi connectivity index (χ0v) is 12.4. The highest BCUT2D eigenvalue weighted by Gasteiger charge is 2.25. The van der Waals surface area contributed by atoms with Gasteiger partial charge in [0, 0.05) is 18.8 Å². The zero-order valence-electron chi connectivity index (χ0n) is 12.4. The molecule has 0 saturated carbocycles. The first kappa shape index (κ1) is 15.8. The summed E-state index contributed by atoms with van der Waals surface area (Å²) in [7, 11) is 0. The highest BCUT2D eigenvalue weighted by molar-refractivity contribution is 5.50. The Morgan fingerprint density at radius 2 is 2.16 bits per heavy atom. The SMILES string of the molecule is CCCOc1cccnc1NC(CCO)C(C)(C)C. The molecular weight excluding hydrogens is 240 g/mol. The Balaban J connectivity index is 2.83. The van der Waals surface area contributed by atoms with E-state index in [1.807, 2.05) is 12.1 Å². The molecule has 0 saturated heterocycles. The number of anilines is 1. The van der Waals surface area contributed by atoms with Crippen LogP contribution >= 0.6 is 0 Å². The predicted molar refractivity (Wildman–Crippen MR) is 78.6 cm³/mol. The van der Waals surface area contributed by atoms with E-state index in [1.165, 1.54) is 0 Å². The summed E-state index contributed by atoms with van der Waals surface area (Å²) < 4.78 is 5.69. The Morgan fingerprint density at radius 3 is 2.74 bits per heavy atom. The first-order chi connectivity index (χ1) is 8.99. The molecule has 0 aliphatic rings. The first-order valence-electron chi connectivity index (χ1n) is 6.94. The summed E-state index contributed by atoms with van der Waals surface area (Å²) in [6, 6.07) is 3.94. The number of hydrogen-bond donors (Lipinski definition) is 2. The van der Waals surface area contributed by atoms with Gasteiger partial charge in [-0.15, -0.1) is 0 Å². The molecule has 19 heavy (non-hydrogen) atoms. The Bertz CT molecular complexity index is 375. The van der Waals surface area contributed by atoms with Crippen molar-refractivity contribution >= 4 is 5.82 Å². The molecule has 1 atom stereocenters. The minimum absolute atomic E-state index is 0.0439. The number of aromatic nitrogens is 1. The van der Waals surface area contributed by atoms with Crippen molar-refractivity contribution in [2.24, 2.45) is 5.41 Å². The lowest BCUT2D eigenvalue weighted by Gasteiger charge is -2.32. The van der Waals surface area contributed by atoms with E-state index in [2.05, 4.69) is 38.0 Å². The molecule has 0 spiro atoms. The van der Waals surface area contributed by atoms with E-state index >= 15 is 0 Å². The van der Waals surface area contributed by atoms with Crippen LogP contribution in [0.25, 0.3) is 0 Å². The third kappa shape index (κ3) is 5.07. The molecule has 0 bridgehead atoms. The minimum Gasteiger partial charge on any atom is -0.490 e. The fourth-order valence-electron chi connectivity index (χ4n) is 1.84. The van der Waals surface area contributed by atoms with Crippen LogP contribution in [0.15, 0.2) is 18.3 Å². The monoisotopic (exact) mass is 266 g/mol. The van der Waals surface area contributed by atoms with Crippen LogP contribution in [0.2, 0.25) is 0 Å². The second-order valence-electron chi connectivity index (χ2n) is 5.77. The number of pyridine rings is 1. The summed E-state index contributed by atoms with van der Waals surface area (Å²) in [5, 5.41) is 12.6. The quantitative estimate of drug-likeness (QED) is 0.796. The molecule has 4 heteroatoms. The Morgan fingerprint density at radius 1 is 1.42 bits per heavy atom. The maximum atomic E-state index is 9.20. The normalized spacial score (nSPS) is 13.1. The van der Waals surface area contributed by atoms with Gasteiger partial charge in [-0.25, -0.2) is 4.98 Å². The minimum atomic E-state index is 0.0439. The van der Waals surface area contributed by atoms with Crippen molar-refractivity contribution in [1.29, 1.82) is 0 Å². The van der Waals surface area contributed by atoms with Crippen molar-refractivity contribution in [3.63, 3.8) is 0 Å². The average molecular weight is 266 g/mol. The summed E-state index contributed by atoms with van der Waals surface area (Å²) in [4.78, 5) is 4.35. The molecule has 1 aromatic rings. The molecular formula is C15H26N2O2. The molecule has 2 N–H and O–H groups in total. The topological polar surface area (TPSA) is 54.4 Å². The van der Waals surface area contributed by atoms with Crippen LogP contribution in [0.1, 0.15) is 40.5 Å². The van der Waals surface area contributed by atoms with Crippen LogP contribution < -0.4 is 10.1 Å². The van der Waals surface area contributed by atoms with Crippen molar-refractivity contribution in [1.82, 2.24) is 4.98 Å². The smallest absolute Gasteiger partial charge is 0.168 e. The van der Waals surface area contributed by atoms with Crippen molar-refractivity contribution in [3.8, 4) is 5.75 Å².